The fourth-order valence-corrected chi connectivity index (χ4v) is 3.54. The average Bonchev–Trinajstić information content (AvgIpc) is 3.21. The van der Waals surface area contributed by atoms with Gasteiger partial charge in [0.05, 0.1) is 5.69 Å². The number of nitrogens with one attached hydrogen (secondary N) is 1. The Kier molecular flexibility index (Phi) is 5.41. The molecule has 0 saturated carbocycles. The van der Waals surface area contributed by atoms with Crippen LogP contribution in [0.3, 0.4) is 0 Å². The van der Waals surface area contributed by atoms with Crippen LogP contribution in [-0.4, -0.2) is 47.7 Å². The molecule has 2 aromatic rings. The zero-order chi connectivity index (χ0) is 17.8. The molecule has 25 heavy (non-hydrogen) atoms. The Balaban J connectivity index is 1.46. The van der Waals surface area contributed by atoms with E-state index in [4.69, 9.17) is 0 Å². The number of nitrogens with zero attached hydrogens (tertiary/aromatic N) is 3. The molecule has 5 heteroatoms. The molecule has 0 bridgehead atoms. The predicted octanol–water partition coefficient (Wildman–Crippen LogP) is 2.94. The molecule has 134 valence electrons. The van der Waals surface area contributed by atoms with Crippen LogP contribution >= 0.6 is 0 Å². The number of aryl methyl sites for hydroxylation is 2. The molecule has 1 amide bonds. The van der Waals surface area contributed by atoms with Gasteiger partial charge in [0.15, 0.2) is 0 Å². The summed E-state index contributed by atoms with van der Waals surface area (Å²) in [6.07, 6.45) is 2.38. The number of para-hydroxylation sites is 1. The van der Waals surface area contributed by atoms with Crippen molar-refractivity contribution in [1.29, 1.82) is 0 Å². The molecule has 3 rings (SSSR count). The van der Waals surface area contributed by atoms with Crippen molar-refractivity contribution in [3.8, 4) is 0 Å². The van der Waals surface area contributed by atoms with Crippen molar-refractivity contribution in [3.63, 3.8) is 0 Å². The summed E-state index contributed by atoms with van der Waals surface area (Å²) in [6, 6.07) is 10.5. The molecule has 0 radical (unpaired) electrons. The van der Waals surface area contributed by atoms with Gasteiger partial charge in [-0.25, -0.2) is 0 Å². The molecular weight excluding hydrogens is 312 g/mol. The van der Waals surface area contributed by atoms with Gasteiger partial charge in [0.1, 0.15) is 0 Å². The summed E-state index contributed by atoms with van der Waals surface area (Å²) in [4.78, 5) is 16.8. The number of rotatable bonds is 6. The van der Waals surface area contributed by atoms with Crippen molar-refractivity contribution in [1.82, 2.24) is 15.1 Å². The third-order valence-electron chi connectivity index (χ3n) is 5.29. The van der Waals surface area contributed by atoms with E-state index in [-0.39, 0.29) is 5.91 Å². The second kappa shape index (κ2) is 7.72. The number of H-pyrrole nitrogens is 1. The van der Waals surface area contributed by atoms with Gasteiger partial charge in [-0.1, -0.05) is 18.2 Å². The van der Waals surface area contributed by atoms with E-state index in [0.29, 0.717) is 18.8 Å². The Bertz CT molecular complexity index is 710. The SMILES string of the molecule is Cc1[nH]nc(CCC(=O)N(C)C[C@@H]2CCN(c3ccccc3)C2)c1C. The Hall–Kier alpha value is -2.30. The van der Waals surface area contributed by atoms with Crippen LogP contribution in [0.2, 0.25) is 0 Å². The molecule has 1 N–H and O–H groups in total. The van der Waals surface area contributed by atoms with Gasteiger partial charge in [0, 0.05) is 50.9 Å². The fraction of sp³-hybridized carbons (Fsp3) is 0.500. The molecule has 0 aliphatic carbocycles. The minimum atomic E-state index is 0.207. The van der Waals surface area contributed by atoms with Crippen LogP contribution in [0.1, 0.15) is 29.8 Å². The Labute approximate surface area is 150 Å². The lowest BCUT2D eigenvalue weighted by molar-refractivity contribution is -0.130. The van der Waals surface area contributed by atoms with Crippen molar-refractivity contribution < 1.29 is 4.79 Å². The van der Waals surface area contributed by atoms with Crippen molar-refractivity contribution in [2.45, 2.75) is 33.1 Å². The van der Waals surface area contributed by atoms with E-state index in [1.807, 2.05) is 24.9 Å². The van der Waals surface area contributed by atoms with Gasteiger partial charge in [0.2, 0.25) is 5.91 Å². The van der Waals surface area contributed by atoms with Crippen molar-refractivity contribution in [2.75, 3.05) is 31.6 Å². The van der Waals surface area contributed by atoms with Crippen LogP contribution in [0.4, 0.5) is 5.69 Å². The van der Waals surface area contributed by atoms with Crippen LogP contribution in [0.15, 0.2) is 30.3 Å². The number of benzene rings is 1. The van der Waals surface area contributed by atoms with Gasteiger partial charge in [0.25, 0.3) is 0 Å². The number of aromatic nitrogens is 2. The number of hydrogen-bond acceptors (Lipinski definition) is 3. The van der Waals surface area contributed by atoms with Crippen LogP contribution in [0.25, 0.3) is 0 Å². The monoisotopic (exact) mass is 340 g/mol. The molecule has 1 aromatic carbocycles. The number of hydrogen-bond donors (Lipinski definition) is 1. The lowest BCUT2D eigenvalue weighted by Gasteiger charge is -2.22. The van der Waals surface area contributed by atoms with E-state index in [1.54, 1.807) is 0 Å². The van der Waals surface area contributed by atoms with Gasteiger partial charge in [-0.15, -0.1) is 0 Å². The second-order valence-corrected chi connectivity index (χ2v) is 7.13. The maximum Gasteiger partial charge on any atom is 0.222 e. The smallest absolute Gasteiger partial charge is 0.222 e. The molecule has 0 spiro atoms. The number of aromatic amines is 1. The summed E-state index contributed by atoms with van der Waals surface area (Å²) < 4.78 is 0. The summed E-state index contributed by atoms with van der Waals surface area (Å²) in [5, 5.41) is 7.28. The largest absolute Gasteiger partial charge is 0.371 e. The third-order valence-corrected chi connectivity index (χ3v) is 5.29. The van der Waals surface area contributed by atoms with Gasteiger partial charge in [-0.05, 0) is 43.9 Å². The first-order chi connectivity index (χ1) is 12.0. The zero-order valence-corrected chi connectivity index (χ0v) is 15.5. The predicted molar refractivity (Wildman–Crippen MR) is 101 cm³/mol. The van der Waals surface area contributed by atoms with Crippen molar-refractivity contribution in [3.05, 3.63) is 47.3 Å². The molecule has 5 nitrogen and oxygen atoms in total. The van der Waals surface area contributed by atoms with Crippen molar-refractivity contribution >= 4 is 11.6 Å². The average molecular weight is 340 g/mol. The number of anilines is 1. The Morgan fingerprint density at radius 3 is 2.76 bits per heavy atom. The lowest BCUT2D eigenvalue weighted by Crippen LogP contribution is -2.33. The zero-order valence-electron chi connectivity index (χ0n) is 15.5. The molecule has 1 saturated heterocycles. The minimum Gasteiger partial charge on any atom is -0.371 e. The Morgan fingerprint density at radius 2 is 2.08 bits per heavy atom. The van der Waals surface area contributed by atoms with Crippen molar-refractivity contribution in [2.24, 2.45) is 5.92 Å². The first-order valence-corrected chi connectivity index (χ1v) is 9.09. The number of carbonyl (C=O) groups is 1. The molecule has 1 atom stereocenters. The van der Waals surface area contributed by atoms with Gasteiger partial charge in [-0.3, -0.25) is 9.89 Å². The van der Waals surface area contributed by atoms with Crippen LogP contribution < -0.4 is 4.90 Å². The highest BCUT2D eigenvalue weighted by Gasteiger charge is 2.25. The summed E-state index contributed by atoms with van der Waals surface area (Å²) in [5.41, 5.74) is 4.55. The molecule has 1 aromatic heterocycles. The molecular formula is C20H28N4O. The van der Waals surface area contributed by atoms with E-state index in [0.717, 1.165) is 37.4 Å². The number of amides is 1. The van der Waals surface area contributed by atoms with Gasteiger partial charge < -0.3 is 9.80 Å². The van der Waals surface area contributed by atoms with E-state index in [1.165, 1.54) is 11.3 Å². The maximum atomic E-state index is 12.4. The second-order valence-electron chi connectivity index (χ2n) is 7.13. The van der Waals surface area contributed by atoms with Gasteiger partial charge >= 0.3 is 0 Å². The molecule has 1 aliphatic rings. The van der Waals surface area contributed by atoms with E-state index < -0.39 is 0 Å². The summed E-state index contributed by atoms with van der Waals surface area (Å²) >= 11 is 0. The van der Waals surface area contributed by atoms with E-state index >= 15 is 0 Å². The standard InChI is InChI=1S/C20H28N4O/c1-15-16(2)21-22-19(15)9-10-20(25)23(3)13-17-11-12-24(14-17)18-7-5-4-6-8-18/h4-8,17H,9-14H2,1-3H3,(H,21,22)/t17-/m0/s1. The molecule has 1 fully saturated rings. The lowest BCUT2D eigenvalue weighted by atomic mass is 10.1. The highest BCUT2D eigenvalue weighted by atomic mass is 16.2. The molecule has 2 heterocycles. The first kappa shape index (κ1) is 17.5. The van der Waals surface area contributed by atoms with Crippen LogP contribution in [0, 0.1) is 19.8 Å². The normalized spacial score (nSPS) is 17.1. The topological polar surface area (TPSA) is 52.2 Å². The van der Waals surface area contributed by atoms with Crippen LogP contribution in [0.5, 0.6) is 0 Å². The highest BCUT2D eigenvalue weighted by Crippen LogP contribution is 2.24. The highest BCUT2D eigenvalue weighted by molar-refractivity contribution is 5.76. The van der Waals surface area contributed by atoms with E-state index in [2.05, 4.69) is 46.3 Å². The third kappa shape index (κ3) is 4.21. The van der Waals surface area contributed by atoms with E-state index in [9.17, 15) is 4.79 Å². The Morgan fingerprint density at radius 1 is 1.32 bits per heavy atom. The summed E-state index contributed by atoms with van der Waals surface area (Å²) in [6.45, 7) is 7.00. The quantitative estimate of drug-likeness (QED) is 0.880. The number of carbonyl (C=O) groups excluding carboxylic acids is 1. The van der Waals surface area contributed by atoms with Crippen LogP contribution in [-0.2, 0) is 11.2 Å². The summed E-state index contributed by atoms with van der Waals surface area (Å²) in [5.74, 6) is 0.752. The summed E-state index contributed by atoms with van der Waals surface area (Å²) in [7, 11) is 1.93. The first-order valence-electron chi connectivity index (χ1n) is 9.09. The molecule has 0 unspecified atom stereocenters. The molecule has 1 aliphatic heterocycles. The van der Waals surface area contributed by atoms with Gasteiger partial charge in [-0.2, -0.15) is 5.10 Å². The maximum absolute atomic E-state index is 12.4. The fourth-order valence-electron chi connectivity index (χ4n) is 3.54. The minimum absolute atomic E-state index is 0.207.